The summed E-state index contributed by atoms with van der Waals surface area (Å²) in [5.74, 6) is -0.332. The number of rotatable bonds is 4. The summed E-state index contributed by atoms with van der Waals surface area (Å²) in [5.41, 5.74) is 4.83. The number of carbonyl (C=O) groups is 1. The summed E-state index contributed by atoms with van der Waals surface area (Å²) in [5, 5.41) is 7.15. The second kappa shape index (κ2) is 7.35. The van der Waals surface area contributed by atoms with Crippen LogP contribution in [0.15, 0.2) is 59.4 Å². The van der Waals surface area contributed by atoms with Crippen LogP contribution in [0, 0.1) is 20.8 Å². The number of nitrogens with one attached hydrogen (secondary N) is 1. The van der Waals surface area contributed by atoms with Crippen LogP contribution in [0.5, 0.6) is 0 Å². The van der Waals surface area contributed by atoms with E-state index in [-0.39, 0.29) is 17.2 Å². The van der Waals surface area contributed by atoms with Gasteiger partial charge in [-0.25, -0.2) is 4.68 Å². The Labute approximate surface area is 152 Å². The fourth-order valence-corrected chi connectivity index (χ4v) is 2.99. The molecule has 3 rings (SSSR count). The van der Waals surface area contributed by atoms with E-state index in [9.17, 15) is 9.59 Å². The van der Waals surface area contributed by atoms with E-state index in [1.54, 1.807) is 0 Å². The molecule has 3 aromatic rings. The Morgan fingerprint density at radius 2 is 1.65 bits per heavy atom. The van der Waals surface area contributed by atoms with Crippen LogP contribution in [0.2, 0.25) is 0 Å². The maximum absolute atomic E-state index is 12.6. The number of nitrogens with zero attached hydrogens (tertiary/aromatic N) is 2. The van der Waals surface area contributed by atoms with Crippen molar-refractivity contribution in [1.82, 2.24) is 9.78 Å². The van der Waals surface area contributed by atoms with Crippen LogP contribution in [-0.4, -0.2) is 15.7 Å². The van der Waals surface area contributed by atoms with Gasteiger partial charge >= 0.3 is 0 Å². The lowest BCUT2D eigenvalue weighted by Crippen LogP contribution is -2.26. The smallest absolute Gasteiger partial charge is 0.276 e. The topological polar surface area (TPSA) is 64.0 Å². The molecule has 1 aromatic heterocycles. The van der Waals surface area contributed by atoms with Crippen molar-refractivity contribution in [2.75, 3.05) is 5.32 Å². The number of benzene rings is 2. The maximum Gasteiger partial charge on any atom is 0.276 e. The maximum atomic E-state index is 12.6. The number of anilines is 1. The number of amides is 1. The number of aromatic nitrogens is 2. The molecule has 0 radical (unpaired) electrons. The molecule has 26 heavy (non-hydrogen) atoms. The summed E-state index contributed by atoms with van der Waals surface area (Å²) < 4.78 is 1.30. The van der Waals surface area contributed by atoms with Gasteiger partial charge in [-0.1, -0.05) is 48.0 Å². The van der Waals surface area contributed by atoms with Gasteiger partial charge < -0.3 is 5.32 Å². The third kappa shape index (κ3) is 3.88. The van der Waals surface area contributed by atoms with E-state index < -0.39 is 0 Å². The molecule has 0 saturated carbocycles. The van der Waals surface area contributed by atoms with E-state index in [0.29, 0.717) is 6.54 Å². The van der Waals surface area contributed by atoms with Crippen molar-refractivity contribution in [1.29, 1.82) is 0 Å². The third-order valence-electron chi connectivity index (χ3n) is 4.19. The van der Waals surface area contributed by atoms with Gasteiger partial charge in [0.05, 0.1) is 6.54 Å². The van der Waals surface area contributed by atoms with Crippen molar-refractivity contribution in [3.63, 3.8) is 0 Å². The van der Waals surface area contributed by atoms with Crippen molar-refractivity contribution >= 4 is 11.6 Å². The van der Waals surface area contributed by atoms with Crippen molar-refractivity contribution in [2.45, 2.75) is 27.3 Å². The second-order valence-corrected chi connectivity index (χ2v) is 6.43. The quantitative estimate of drug-likeness (QED) is 0.786. The molecule has 132 valence electrons. The van der Waals surface area contributed by atoms with Gasteiger partial charge in [-0.2, -0.15) is 5.10 Å². The zero-order chi connectivity index (χ0) is 18.7. The Balaban J connectivity index is 1.87. The Hall–Kier alpha value is -3.21. The fraction of sp³-hybridized carbons (Fsp3) is 0.190. The van der Waals surface area contributed by atoms with Crippen molar-refractivity contribution in [3.8, 4) is 0 Å². The van der Waals surface area contributed by atoms with Crippen LogP contribution in [-0.2, 0) is 6.54 Å². The normalized spacial score (nSPS) is 10.6. The summed E-state index contributed by atoms with van der Waals surface area (Å²) in [7, 11) is 0. The standard InChI is InChI=1S/C21H21N3O2/c1-14-11-15(2)20(16(3)12-14)22-21(26)18-9-10-19(25)24(23-18)13-17-7-5-4-6-8-17/h4-12H,13H2,1-3H3,(H,22,26). The molecule has 0 unspecified atom stereocenters. The van der Waals surface area contributed by atoms with Crippen molar-refractivity contribution in [3.05, 3.63) is 92.9 Å². The zero-order valence-corrected chi connectivity index (χ0v) is 15.1. The molecule has 0 aliphatic carbocycles. The molecule has 1 amide bonds. The Kier molecular flexibility index (Phi) is 4.98. The van der Waals surface area contributed by atoms with Gasteiger partial charge in [0.25, 0.3) is 11.5 Å². The van der Waals surface area contributed by atoms with Crippen molar-refractivity contribution < 1.29 is 4.79 Å². The molecule has 0 aliphatic heterocycles. The number of carbonyl (C=O) groups excluding carboxylic acids is 1. The summed E-state index contributed by atoms with van der Waals surface area (Å²) in [4.78, 5) is 24.7. The molecule has 0 fully saturated rings. The lowest BCUT2D eigenvalue weighted by Gasteiger charge is -2.13. The molecule has 2 aromatic carbocycles. The lowest BCUT2D eigenvalue weighted by molar-refractivity contribution is 0.101. The highest BCUT2D eigenvalue weighted by atomic mass is 16.2. The minimum Gasteiger partial charge on any atom is -0.320 e. The minimum absolute atomic E-state index is 0.208. The van der Waals surface area contributed by atoms with Crippen LogP contribution in [0.4, 0.5) is 5.69 Å². The highest BCUT2D eigenvalue weighted by Crippen LogP contribution is 2.22. The molecule has 5 heteroatoms. The Morgan fingerprint density at radius 1 is 1.00 bits per heavy atom. The van der Waals surface area contributed by atoms with Crippen LogP contribution < -0.4 is 10.9 Å². The van der Waals surface area contributed by atoms with Gasteiger partial charge in [0.2, 0.25) is 0 Å². The van der Waals surface area contributed by atoms with Gasteiger partial charge in [0, 0.05) is 11.8 Å². The third-order valence-corrected chi connectivity index (χ3v) is 4.19. The van der Waals surface area contributed by atoms with Gasteiger partial charge in [0.15, 0.2) is 0 Å². The molecule has 1 N–H and O–H groups in total. The second-order valence-electron chi connectivity index (χ2n) is 6.43. The number of hydrogen-bond donors (Lipinski definition) is 1. The molecule has 0 saturated heterocycles. The van der Waals surface area contributed by atoms with E-state index in [1.165, 1.54) is 16.8 Å². The SMILES string of the molecule is Cc1cc(C)c(NC(=O)c2ccc(=O)n(Cc3ccccc3)n2)c(C)c1. The molecular weight excluding hydrogens is 326 g/mol. The highest BCUT2D eigenvalue weighted by Gasteiger charge is 2.13. The van der Waals surface area contributed by atoms with Gasteiger partial charge in [0.1, 0.15) is 5.69 Å². The van der Waals surface area contributed by atoms with Gasteiger partial charge in [-0.3, -0.25) is 9.59 Å². The largest absolute Gasteiger partial charge is 0.320 e. The lowest BCUT2D eigenvalue weighted by atomic mass is 10.1. The first-order valence-corrected chi connectivity index (χ1v) is 8.45. The number of hydrogen-bond acceptors (Lipinski definition) is 3. The first kappa shape index (κ1) is 17.6. The fourth-order valence-electron chi connectivity index (χ4n) is 2.99. The van der Waals surface area contributed by atoms with Crippen LogP contribution >= 0.6 is 0 Å². The summed E-state index contributed by atoms with van der Waals surface area (Å²) in [6.07, 6.45) is 0. The average Bonchev–Trinajstić information content (AvgIpc) is 2.60. The zero-order valence-electron chi connectivity index (χ0n) is 15.1. The van der Waals surface area contributed by atoms with Crippen LogP contribution in [0.25, 0.3) is 0 Å². The van der Waals surface area contributed by atoms with Crippen LogP contribution in [0.3, 0.4) is 0 Å². The number of aryl methyl sites for hydroxylation is 3. The Bertz CT molecular complexity index is 984. The molecule has 1 heterocycles. The molecular formula is C21H21N3O2. The summed E-state index contributed by atoms with van der Waals surface area (Å²) >= 11 is 0. The minimum atomic E-state index is -0.332. The predicted molar refractivity (Wildman–Crippen MR) is 103 cm³/mol. The van der Waals surface area contributed by atoms with Gasteiger partial charge in [-0.05, 0) is 43.5 Å². The van der Waals surface area contributed by atoms with E-state index in [0.717, 1.165) is 27.9 Å². The van der Waals surface area contributed by atoms with Crippen LogP contribution in [0.1, 0.15) is 32.7 Å². The summed E-state index contributed by atoms with van der Waals surface area (Å²) in [6.45, 7) is 6.26. The van der Waals surface area contributed by atoms with E-state index in [2.05, 4.69) is 10.4 Å². The highest BCUT2D eigenvalue weighted by molar-refractivity contribution is 6.03. The molecule has 0 spiro atoms. The van der Waals surface area contributed by atoms with E-state index in [1.807, 2.05) is 63.2 Å². The Morgan fingerprint density at radius 3 is 2.31 bits per heavy atom. The van der Waals surface area contributed by atoms with E-state index in [4.69, 9.17) is 0 Å². The van der Waals surface area contributed by atoms with Crippen molar-refractivity contribution in [2.24, 2.45) is 0 Å². The first-order chi connectivity index (χ1) is 12.4. The predicted octanol–water partition coefficient (Wildman–Crippen LogP) is 3.47. The molecule has 0 aliphatic rings. The summed E-state index contributed by atoms with van der Waals surface area (Å²) in [6, 6.07) is 16.4. The van der Waals surface area contributed by atoms with Gasteiger partial charge in [-0.15, -0.1) is 0 Å². The molecule has 0 bridgehead atoms. The average molecular weight is 347 g/mol. The first-order valence-electron chi connectivity index (χ1n) is 8.45. The molecule has 0 atom stereocenters. The van der Waals surface area contributed by atoms with E-state index >= 15 is 0 Å². The monoisotopic (exact) mass is 347 g/mol. The molecule has 5 nitrogen and oxygen atoms in total.